The molecule has 5 heteroatoms. The molecule has 0 amide bonds. The molecule has 118 valence electrons. The predicted octanol–water partition coefficient (Wildman–Crippen LogP) is 5.65. The van der Waals surface area contributed by atoms with Crippen molar-refractivity contribution >= 4 is 23.2 Å². The van der Waals surface area contributed by atoms with Gasteiger partial charge < -0.3 is 4.74 Å². The summed E-state index contributed by atoms with van der Waals surface area (Å²) >= 11 is 12.2. The summed E-state index contributed by atoms with van der Waals surface area (Å²) in [5.41, 5.74) is 0. The molecule has 3 nitrogen and oxygen atoms in total. The Morgan fingerprint density at radius 2 is 1.67 bits per heavy atom. The Morgan fingerprint density at radius 1 is 1.05 bits per heavy atom. The molecule has 1 fully saturated rings. The van der Waals surface area contributed by atoms with Gasteiger partial charge >= 0.3 is 0 Å². The van der Waals surface area contributed by atoms with Crippen molar-refractivity contribution in [3.8, 4) is 5.75 Å². The van der Waals surface area contributed by atoms with Crippen molar-refractivity contribution in [2.45, 2.75) is 64.2 Å². The minimum Gasteiger partial charge on any atom is -0.491 e. The molecule has 0 saturated heterocycles. The van der Waals surface area contributed by atoms with Crippen LogP contribution in [0.15, 0.2) is 0 Å². The third-order valence-corrected chi connectivity index (χ3v) is 4.94. The van der Waals surface area contributed by atoms with Gasteiger partial charge in [-0.25, -0.2) is 9.97 Å². The number of unbranched alkanes of at least 4 members (excludes halogenated alkanes) is 2. The normalized spacial score (nSPS) is 22.3. The van der Waals surface area contributed by atoms with Gasteiger partial charge in [0.2, 0.25) is 0 Å². The average molecular weight is 331 g/mol. The molecule has 1 aromatic heterocycles. The molecule has 0 radical (unpaired) electrons. The Bertz CT molecular complexity index is 437. The van der Waals surface area contributed by atoms with Crippen LogP contribution in [0.2, 0.25) is 10.3 Å². The molecule has 1 aliphatic rings. The van der Waals surface area contributed by atoms with E-state index in [1.165, 1.54) is 45.6 Å². The van der Waals surface area contributed by atoms with E-state index in [4.69, 9.17) is 27.9 Å². The van der Waals surface area contributed by atoms with E-state index in [1.54, 1.807) is 0 Å². The first kappa shape index (κ1) is 16.8. The lowest BCUT2D eigenvalue weighted by Crippen LogP contribution is -2.15. The van der Waals surface area contributed by atoms with E-state index < -0.39 is 0 Å². The molecule has 2 rings (SSSR count). The van der Waals surface area contributed by atoms with Gasteiger partial charge in [0.1, 0.15) is 5.82 Å². The van der Waals surface area contributed by atoms with Crippen molar-refractivity contribution in [3.63, 3.8) is 0 Å². The first-order valence-corrected chi connectivity index (χ1v) is 8.68. The van der Waals surface area contributed by atoms with E-state index in [2.05, 4.69) is 16.9 Å². The Labute approximate surface area is 137 Å². The Hall–Kier alpha value is -0.540. The number of aromatic nitrogens is 2. The molecule has 1 aromatic rings. The minimum absolute atomic E-state index is 0.317. The van der Waals surface area contributed by atoms with Gasteiger partial charge in [-0.1, -0.05) is 55.8 Å². The van der Waals surface area contributed by atoms with Crippen LogP contribution in [-0.2, 0) is 0 Å². The highest BCUT2D eigenvalue weighted by Crippen LogP contribution is 2.38. The molecule has 1 heterocycles. The van der Waals surface area contributed by atoms with Crippen LogP contribution in [0.3, 0.4) is 0 Å². The largest absolute Gasteiger partial charge is 0.491 e. The number of hydrogen-bond donors (Lipinski definition) is 0. The van der Waals surface area contributed by atoms with E-state index in [0.717, 1.165) is 24.6 Å². The Kier molecular flexibility index (Phi) is 6.56. The number of methoxy groups -OCH3 is 1. The monoisotopic (exact) mass is 330 g/mol. The number of hydrogen-bond acceptors (Lipinski definition) is 3. The highest BCUT2D eigenvalue weighted by Gasteiger charge is 2.25. The topological polar surface area (TPSA) is 35.0 Å². The van der Waals surface area contributed by atoms with E-state index in [1.807, 2.05) is 0 Å². The van der Waals surface area contributed by atoms with Gasteiger partial charge in [-0.05, 0) is 31.6 Å². The molecular formula is C16H24Cl2N2O. The van der Waals surface area contributed by atoms with Crippen LogP contribution in [0.1, 0.15) is 70.0 Å². The summed E-state index contributed by atoms with van der Waals surface area (Å²) in [5.74, 6) is 2.40. The van der Waals surface area contributed by atoms with E-state index in [-0.39, 0.29) is 0 Å². The summed E-state index contributed by atoms with van der Waals surface area (Å²) in [7, 11) is 1.53. The minimum atomic E-state index is 0.317. The first-order valence-electron chi connectivity index (χ1n) is 7.92. The molecular weight excluding hydrogens is 307 g/mol. The smallest absolute Gasteiger partial charge is 0.193 e. The van der Waals surface area contributed by atoms with Crippen LogP contribution in [-0.4, -0.2) is 17.1 Å². The van der Waals surface area contributed by atoms with Crippen molar-refractivity contribution in [2.75, 3.05) is 7.11 Å². The second-order valence-electron chi connectivity index (χ2n) is 5.91. The molecule has 0 aliphatic heterocycles. The summed E-state index contributed by atoms with van der Waals surface area (Å²) < 4.78 is 5.10. The van der Waals surface area contributed by atoms with Crippen LogP contribution in [0.25, 0.3) is 0 Å². The molecule has 1 saturated carbocycles. The van der Waals surface area contributed by atoms with Crippen molar-refractivity contribution in [3.05, 3.63) is 16.1 Å². The molecule has 0 spiro atoms. The summed E-state index contributed by atoms with van der Waals surface area (Å²) in [5, 5.41) is 0.634. The highest BCUT2D eigenvalue weighted by atomic mass is 35.5. The van der Waals surface area contributed by atoms with Gasteiger partial charge in [0, 0.05) is 5.92 Å². The molecule has 0 N–H and O–H groups in total. The van der Waals surface area contributed by atoms with Gasteiger partial charge in [-0.15, -0.1) is 0 Å². The number of nitrogens with zero attached hydrogens (tertiary/aromatic N) is 2. The lowest BCUT2D eigenvalue weighted by molar-refractivity contribution is 0.296. The number of ether oxygens (including phenoxy) is 1. The Morgan fingerprint density at radius 3 is 2.19 bits per heavy atom. The lowest BCUT2D eigenvalue weighted by Gasteiger charge is -2.27. The lowest BCUT2D eigenvalue weighted by atomic mass is 9.79. The fraction of sp³-hybridized carbons (Fsp3) is 0.750. The van der Waals surface area contributed by atoms with E-state index >= 15 is 0 Å². The second-order valence-corrected chi connectivity index (χ2v) is 6.63. The standard InChI is InChI=1S/C16H24Cl2N2O/c1-3-4-5-6-11-7-9-12(10-8-11)16-19-14(17)13(21-2)15(18)20-16/h11-12H,3-10H2,1-2H3/t11-,12-. The quantitative estimate of drug-likeness (QED) is 0.499. The summed E-state index contributed by atoms with van der Waals surface area (Å²) in [4.78, 5) is 8.75. The Balaban J connectivity index is 1.93. The fourth-order valence-electron chi connectivity index (χ4n) is 3.16. The third-order valence-electron chi connectivity index (χ3n) is 4.43. The first-order chi connectivity index (χ1) is 10.2. The molecule has 0 atom stereocenters. The summed E-state index contributed by atoms with van der Waals surface area (Å²) in [6.07, 6.45) is 10.2. The van der Waals surface area contributed by atoms with Gasteiger partial charge in [0.15, 0.2) is 16.1 Å². The van der Waals surface area contributed by atoms with Crippen LogP contribution in [0, 0.1) is 5.92 Å². The number of rotatable bonds is 6. The molecule has 0 unspecified atom stereocenters. The van der Waals surface area contributed by atoms with Crippen molar-refractivity contribution in [2.24, 2.45) is 5.92 Å². The highest BCUT2D eigenvalue weighted by molar-refractivity contribution is 6.35. The van der Waals surface area contributed by atoms with Gasteiger partial charge in [-0.3, -0.25) is 0 Å². The fourth-order valence-corrected chi connectivity index (χ4v) is 3.71. The second kappa shape index (κ2) is 8.19. The maximum atomic E-state index is 6.11. The van der Waals surface area contributed by atoms with Crippen LogP contribution < -0.4 is 4.74 Å². The zero-order chi connectivity index (χ0) is 15.2. The van der Waals surface area contributed by atoms with Crippen molar-refractivity contribution in [1.82, 2.24) is 9.97 Å². The zero-order valence-electron chi connectivity index (χ0n) is 12.9. The third kappa shape index (κ3) is 4.46. The molecule has 0 aromatic carbocycles. The summed E-state index contributed by atoms with van der Waals surface area (Å²) in [6.45, 7) is 2.26. The molecule has 21 heavy (non-hydrogen) atoms. The van der Waals surface area contributed by atoms with Crippen LogP contribution in [0.5, 0.6) is 5.75 Å². The van der Waals surface area contributed by atoms with Gasteiger partial charge in [0.05, 0.1) is 7.11 Å². The average Bonchev–Trinajstić information content (AvgIpc) is 2.48. The van der Waals surface area contributed by atoms with Crippen molar-refractivity contribution in [1.29, 1.82) is 0 Å². The van der Waals surface area contributed by atoms with Gasteiger partial charge in [-0.2, -0.15) is 0 Å². The predicted molar refractivity (Wildman–Crippen MR) is 87.4 cm³/mol. The zero-order valence-corrected chi connectivity index (χ0v) is 14.4. The maximum Gasteiger partial charge on any atom is 0.193 e. The number of halogens is 2. The van der Waals surface area contributed by atoms with E-state index in [9.17, 15) is 0 Å². The van der Waals surface area contributed by atoms with Crippen molar-refractivity contribution < 1.29 is 4.74 Å². The SMILES string of the molecule is CCCCC[C@H]1CC[C@H](c2nc(Cl)c(OC)c(Cl)n2)CC1. The molecule has 0 bridgehead atoms. The summed E-state index contributed by atoms with van der Waals surface area (Å²) in [6, 6.07) is 0. The van der Waals surface area contributed by atoms with E-state index in [0.29, 0.717) is 22.0 Å². The van der Waals surface area contributed by atoms with Crippen LogP contribution >= 0.6 is 23.2 Å². The van der Waals surface area contributed by atoms with Gasteiger partial charge in [0.25, 0.3) is 0 Å². The maximum absolute atomic E-state index is 6.11. The van der Waals surface area contributed by atoms with Crippen LogP contribution in [0.4, 0.5) is 0 Å². The molecule has 1 aliphatic carbocycles.